The van der Waals surface area contributed by atoms with Crippen molar-refractivity contribution >= 4 is 11.9 Å². The van der Waals surface area contributed by atoms with Crippen molar-refractivity contribution in [2.45, 2.75) is 37.5 Å². The van der Waals surface area contributed by atoms with Gasteiger partial charge in [-0.1, -0.05) is 43.2 Å². The van der Waals surface area contributed by atoms with Crippen LogP contribution in [-0.2, 0) is 20.1 Å². The fraction of sp³-hybridized carbons (Fsp3) is 0.579. The van der Waals surface area contributed by atoms with Crippen molar-refractivity contribution < 1.29 is 19.1 Å². The number of nitrogens with zero attached hydrogens (tertiary/aromatic N) is 2. The van der Waals surface area contributed by atoms with E-state index < -0.39 is 11.3 Å². The van der Waals surface area contributed by atoms with E-state index >= 15 is 0 Å². The number of amides is 3. The first-order valence-electron chi connectivity index (χ1n) is 8.89. The fourth-order valence-corrected chi connectivity index (χ4v) is 3.87. The van der Waals surface area contributed by atoms with Crippen molar-refractivity contribution in [2.75, 3.05) is 26.8 Å². The fourth-order valence-electron chi connectivity index (χ4n) is 3.87. The van der Waals surface area contributed by atoms with Gasteiger partial charge >= 0.3 is 6.03 Å². The van der Waals surface area contributed by atoms with Gasteiger partial charge < -0.3 is 14.4 Å². The van der Waals surface area contributed by atoms with Crippen LogP contribution in [0.4, 0.5) is 4.79 Å². The molecule has 0 bridgehead atoms. The molecule has 3 fully saturated rings. The molecule has 1 atom stereocenters. The summed E-state index contributed by atoms with van der Waals surface area (Å²) < 4.78 is 11.8. The predicted octanol–water partition coefficient (Wildman–Crippen LogP) is 2.34. The summed E-state index contributed by atoms with van der Waals surface area (Å²) in [5.74, 6) is -0.675. The summed E-state index contributed by atoms with van der Waals surface area (Å²) in [6, 6.07) is 9.26. The van der Waals surface area contributed by atoms with Crippen molar-refractivity contribution in [3.63, 3.8) is 0 Å². The van der Waals surface area contributed by atoms with Crippen LogP contribution in [0.2, 0.25) is 0 Å². The lowest BCUT2D eigenvalue weighted by Gasteiger charge is -2.31. The zero-order valence-corrected chi connectivity index (χ0v) is 14.7. The van der Waals surface area contributed by atoms with Gasteiger partial charge in [0.25, 0.3) is 5.91 Å². The molecule has 6 nitrogen and oxygen atoms in total. The van der Waals surface area contributed by atoms with E-state index in [0.29, 0.717) is 19.1 Å². The van der Waals surface area contributed by atoms with E-state index in [1.807, 2.05) is 37.3 Å². The molecule has 1 aromatic rings. The summed E-state index contributed by atoms with van der Waals surface area (Å²) in [6.07, 6.45) is 3.01. The first kappa shape index (κ1) is 16.5. The normalized spacial score (nSPS) is 28.9. The maximum atomic E-state index is 13.1. The minimum atomic E-state index is -1.07. The van der Waals surface area contributed by atoms with Gasteiger partial charge in [0.1, 0.15) is 5.54 Å². The van der Waals surface area contributed by atoms with E-state index in [-0.39, 0.29) is 18.5 Å². The number of rotatable bonds is 5. The molecule has 0 N–H and O–H groups in total. The number of carbonyl (C=O) groups excluding carboxylic acids is 2. The highest BCUT2D eigenvalue weighted by molar-refractivity contribution is 6.06. The molecule has 25 heavy (non-hydrogen) atoms. The lowest BCUT2D eigenvalue weighted by atomic mass is 9.93. The number of hydrogen-bond donors (Lipinski definition) is 0. The van der Waals surface area contributed by atoms with Crippen molar-refractivity contribution in [3.05, 3.63) is 35.9 Å². The van der Waals surface area contributed by atoms with Crippen LogP contribution in [0.25, 0.3) is 0 Å². The topological polar surface area (TPSA) is 59.1 Å². The number of ether oxygens (including phenoxy) is 2. The second-order valence-electron chi connectivity index (χ2n) is 7.47. The second-order valence-corrected chi connectivity index (χ2v) is 7.47. The molecule has 2 aliphatic heterocycles. The standard InChI is InChI=1S/C19H24N2O4/c1-18(12-14-8-9-14)16(22)21(17(23)20(18)2)13-19(24-10-11-25-19)15-6-4-3-5-7-15/h3-7,14H,8-13H2,1-2H3. The molecule has 3 aliphatic rings. The van der Waals surface area contributed by atoms with Crippen LogP contribution in [0.3, 0.4) is 0 Å². The Balaban J connectivity index is 1.62. The van der Waals surface area contributed by atoms with Gasteiger partial charge in [0.15, 0.2) is 0 Å². The Morgan fingerprint density at radius 3 is 2.36 bits per heavy atom. The average Bonchev–Trinajstić information content (AvgIpc) is 3.28. The molecule has 0 spiro atoms. The number of hydrogen-bond acceptors (Lipinski definition) is 4. The third-order valence-electron chi connectivity index (χ3n) is 5.68. The van der Waals surface area contributed by atoms with Gasteiger partial charge in [-0.25, -0.2) is 4.79 Å². The Bertz CT molecular complexity index is 682. The Labute approximate surface area is 147 Å². The molecule has 3 amide bonds. The van der Waals surface area contributed by atoms with E-state index in [1.165, 1.54) is 4.90 Å². The summed E-state index contributed by atoms with van der Waals surface area (Å²) in [7, 11) is 1.72. The number of carbonyl (C=O) groups is 2. The summed E-state index contributed by atoms with van der Waals surface area (Å²) >= 11 is 0. The van der Waals surface area contributed by atoms with E-state index in [2.05, 4.69) is 0 Å². The van der Waals surface area contributed by atoms with Gasteiger partial charge in [-0.15, -0.1) is 0 Å². The molecular weight excluding hydrogens is 320 g/mol. The average molecular weight is 344 g/mol. The van der Waals surface area contributed by atoms with Gasteiger partial charge in [-0.2, -0.15) is 0 Å². The monoisotopic (exact) mass is 344 g/mol. The van der Waals surface area contributed by atoms with Crippen molar-refractivity contribution in [1.82, 2.24) is 9.80 Å². The molecular formula is C19H24N2O4. The number of urea groups is 1. The molecule has 1 saturated carbocycles. The van der Waals surface area contributed by atoms with Gasteiger partial charge in [0, 0.05) is 12.6 Å². The third-order valence-corrected chi connectivity index (χ3v) is 5.68. The van der Waals surface area contributed by atoms with Gasteiger partial charge in [-0.3, -0.25) is 9.69 Å². The van der Waals surface area contributed by atoms with Gasteiger partial charge in [0.05, 0.1) is 19.8 Å². The van der Waals surface area contributed by atoms with E-state index in [9.17, 15) is 9.59 Å². The van der Waals surface area contributed by atoms with Crippen molar-refractivity contribution in [3.8, 4) is 0 Å². The lowest BCUT2D eigenvalue weighted by molar-refractivity contribution is -0.178. The molecule has 4 rings (SSSR count). The summed E-state index contributed by atoms with van der Waals surface area (Å²) in [5.41, 5.74) is 0.0564. The molecule has 134 valence electrons. The Kier molecular flexibility index (Phi) is 3.85. The van der Waals surface area contributed by atoms with Crippen LogP contribution >= 0.6 is 0 Å². The van der Waals surface area contributed by atoms with Crippen molar-refractivity contribution in [2.24, 2.45) is 5.92 Å². The first-order chi connectivity index (χ1) is 12.0. The minimum absolute atomic E-state index is 0.0826. The van der Waals surface area contributed by atoms with Crippen LogP contribution in [0.1, 0.15) is 31.7 Å². The maximum absolute atomic E-state index is 13.1. The summed E-state index contributed by atoms with van der Waals surface area (Å²) in [5, 5.41) is 0. The lowest BCUT2D eigenvalue weighted by Crippen LogP contribution is -2.47. The molecule has 1 unspecified atom stereocenters. The molecule has 0 aromatic heterocycles. The highest BCUT2D eigenvalue weighted by atomic mass is 16.7. The van der Waals surface area contributed by atoms with Crippen LogP contribution in [0, 0.1) is 5.92 Å². The smallest absolute Gasteiger partial charge is 0.327 e. The Morgan fingerprint density at radius 2 is 1.76 bits per heavy atom. The predicted molar refractivity (Wildman–Crippen MR) is 90.6 cm³/mol. The maximum Gasteiger partial charge on any atom is 0.327 e. The number of imide groups is 1. The number of benzene rings is 1. The van der Waals surface area contributed by atoms with Crippen LogP contribution in [-0.4, -0.2) is 54.1 Å². The quantitative estimate of drug-likeness (QED) is 0.769. The minimum Gasteiger partial charge on any atom is -0.342 e. The Hall–Kier alpha value is -1.92. The first-order valence-corrected chi connectivity index (χ1v) is 8.89. The van der Waals surface area contributed by atoms with Crippen LogP contribution < -0.4 is 0 Å². The largest absolute Gasteiger partial charge is 0.342 e. The molecule has 1 aliphatic carbocycles. The second kappa shape index (κ2) is 5.81. The third kappa shape index (κ3) is 2.64. The Morgan fingerprint density at radius 1 is 1.12 bits per heavy atom. The van der Waals surface area contributed by atoms with Crippen LogP contribution in [0.15, 0.2) is 30.3 Å². The molecule has 0 radical (unpaired) electrons. The SMILES string of the molecule is CN1C(=O)N(CC2(c3ccccc3)OCCO2)C(=O)C1(C)CC1CC1. The zero-order chi connectivity index (χ0) is 17.7. The van der Waals surface area contributed by atoms with E-state index in [0.717, 1.165) is 24.8 Å². The van der Waals surface area contributed by atoms with Gasteiger partial charge in [0.2, 0.25) is 5.79 Å². The van der Waals surface area contributed by atoms with Crippen LogP contribution in [0.5, 0.6) is 0 Å². The highest BCUT2D eigenvalue weighted by Gasteiger charge is 2.56. The summed E-state index contributed by atoms with van der Waals surface area (Å²) in [4.78, 5) is 28.8. The molecule has 2 heterocycles. The molecule has 6 heteroatoms. The van der Waals surface area contributed by atoms with Crippen molar-refractivity contribution in [1.29, 1.82) is 0 Å². The number of likely N-dealkylation sites (N-methyl/N-ethyl adjacent to an activating group) is 1. The highest BCUT2D eigenvalue weighted by Crippen LogP contribution is 2.43. The molecule has 1 aromatic carbocycles. The zero-order valence-electron chi connectivity index (χ0n) is 14.7. The molecule has 2 saturated heterocycles. The summed E-state index contributed by atoms with van der Waals surface area (Å²) in [6.45, 7) is 2.84. The van der Waals surface area contributed by atoms with E-state index in [1.54, 1.807) is 11.9 Å². The van der Waals surface area contributed by atoms with E-state index in [4.69, 9.17) is 9.47 Å². The van der Waals surface area contributed by atoms with Gasteiger partial charge in [-0.05, 0) is 19.3 Å².